The number of hydrogen-bond acceptors (Lipinski definition) is 2. The van der Waals surface area contributed by atoms with Gasteiger partial charge in [-0.15, -0.1) is 0 Å². The second-order valence-electron chi connectivity index (χ2n) is 5.13. The molecule has 0 aromatic heterocycles. The van der Waals surface area contributed by atoms with Crippen LogP contribution in [0.25, 0.3) is 0 Å². The van der Waals surface area contributed by atoms with Gasteiger partial charge in [0.05, 0.1) is 12.1 Å². The highest BCUT2D eigenvalue weighted by molar-refractivity contribution is 5.28. The monoisotopic (exact) mass is 221 g/mol. The van der Waals surface area contributed by atoms with E-state index in [1.165, 1.54) is 5.56 Å². The third kappa shape index (κ3) is 3.32. The standard InChI is InChI=1S/C14H23NO/c1-11(2)9-15-14(4,10-16)13-7-5-6-12(3)8-13/h5-8,11,15-16H,9-10H2,1-4H3. The molecule has 0 radical (unpaired) electrons. The van der Waals surface area contributed by atoms with Crippen LogP contribution in [0.1, 0.15) is 31.9 Å². The van der Waals surface area contributed by atoms with E-state index in [1.807, 2.05) is 13.0 Å². The van der Waals surface area contributed by atoms with Gasteiger partial charge in [-0.3, -0.25) is 0 Å². The van der Waals surface area contributed by atoms with Gasteiger partial charge in [-0.2, -0.15) is 0 Å². The fourth-order valence-electron chi connectivity index (χ4n) is 1.67. The summed E-state index contributed by atoms with van der Waals surface area (Å²) in [6.07, 6.45) is 0. The molecule has 90 valence electrons. The maximum atomic E-state index is 9.58. The van der Waals surface area contributed by atoms with Crippen LogP contribution >= 0.6 is 0 Å². The summed E-state index contributed by atoms with van der Waals surface area (Å²) in [5.41, 5.74) is 2.04. The first-order valence-electron chi connectivity index (χ1n) is 5.91. The molecule has 16 heavy (non-hydrogen) atoms. The Morgan fingerprint density at radius 3 is 2.56 bits per heavy atom. The van der Waals surface area contributed by atoms with E-state index in [4.69, 9.17) is 0 Å². The number of aryl methyl sites for hydroxylation is 1. The smallest absolute Gasteiger partial charge is 0.0652 e. The predicted molar refractivity (Wildman–Crippen MR) is 68.5 cm³/mol. The number of nitrogens with one attached hydrogen (secondary N) is 1. The Hall–Kier alpha value is -0.860. The van der Waals surface area contributed by atoms with Crippen LogP contribution in [0.2, 0.25) is 0 Å². The molecule has 0 saturated heterocycles. The van der Waals surface area contributed by atoms with Crippen molar-refractivity contribution in [2.24, 2.45) is 5.92 Å². The van der Waals surface area contributed by atoms with Crippen molar-refractivity contribution in [3.8, 4) is 0 Å². The molecule has 0 heterocycles. The topological polar surface area (TPSA) is 32.3 Å². The van der Waals surface area contributed by atoms with Crippen molar-refractivity contribution in [3.63, 3.8) is 0 Å². The lowest BCUT2D eigenvalue weighted by Gasteiger charge is -2.30. The zero-order valence-electron chi connectivity index (χ0n) is 10.7. The van der Waals surface area contributed by atoms with Gasteiger partial charge in [-0.05, 0) is 31.9 Å². The second kappa shape index (κ2) is 5.46. The minimum Gasteiger partial charge on any atom is -0.394 e. The van der Waals surface area contributed by atoms with Crippen LogP contribution in [0, 0.1) is 12.8 Å². The van der Waals surface area contributed by atoms with Crippen LogP contribution in [0.4, 0.5) is 0 Å². The van der Waals surface area contributed by atoms with Crippen LogP contribution in [-0.4, -0.2) is 18.3 Å². The second-order valence-corrected chi connectivity index (χ2v) is 5.13. The van der Waals surface area contributed by atoms with E-state index in [-0.39, 0.29) is 12.1 Å². The number of aliphatic hydroxyl groups excluding tert-OH is 1. The maximum Gasteiger partial charge on any atom is 0.0652 e. The molecule has 2 heteroatoms. The van der Waals surface area contributed by atoms with Gasteiger partial charge in [-0.1, -0.05) is 43.7 Å². The largest absolute Gasteiger partial charge is 0.394 e. The van der Waals surface area contributed by atoms with Gasteiger partial charge >= 0.3 is 0 Å². The molecule has 2 nitrogen and oxygen atoms in total. The quantitative estimate of drug-likeness (QED) is 0.800. The van der Waals surface area contributed by atoms with Gasteiger partial charge in [0.2, 0.25) is 0 Å². The zero-order chi connectivity index (χ0) is 12.2. The molecule has 0 fully saturated rings. The van der Waals surface area contributed by atoms with Gasteiger partial charge in [0.15, 0.2) is 0 Å². The fraction of sp³-hybridized carbons (Fsp3) is 0.571. The molecule has 0 amide bonds. The van der Waals surface area contributed by atoms with Crippen molar-refractivity contribution in [3.05, 3.63) is 35.4 Å². The molecular formula is C14H23NO. The number of hydrogen-bond donors (Lipinski definition) is 2. The molecule has 2 N–H and O–H groups in total. The van der Waals surface area contributed by atoms with Crippen molar-refractivity contribution in [1.82, 2.24) is 5.32 Å². The highest BCUT2D eigenvalue weighted by Gasteiger charge is 2.25. The lowest BCUT2D eigenvalue weighted by Crippen LogP contribution is -2.44. The predicted octanol–water partition coefficient (Wildman–Crippen LogP) is 2.45. The first kappa shape index (κ1) is 13.2. The Balaban J connectivity index is 2.86. The SMILES string of the molecule is Cc1cccc(C(C)(CO)NCC(C)C)c1. The average molecular weight is 221 g/mol. The molecule has 1 unspecified atom stereocenters. The summed E-state index contributed by atoms with van der Waals surface area (Å²) >= 11 is 0. The Kier molecular flexibility index (Phi) is 4.51. The van der Waals surface area contributed by atoms with Crippen molar-refractivity contribution in [1.29, 1.82) is 0 Å². The van der Waals surface area contributed by atoms with E-state index >= 15 is 0 Å². The molecule has 1 rings (SSSR count). The summed E-state index contributed by atoms with van der Waals surface area (Å²) < 4.78 is 0. The molecular weight excluding hydrogens is 198 g/mol. The Labute approximate surface area is 98.7 Å². The summed E-state index contributed by atoms with van der Waals surface area (Å²) in [6.45, 7) is 9.48. The van der Waals surface area contributed by atoms with Gasteiger partial charge in [0.1, 0.15) is 0 Å². The highest BCUT2D eigenvalue weighted by Crippen LogP contribution is 2.21. The first-order valence-corrected chi connectivity index (χ1v) is 5.91. The molecule has 0 saturated carbocycles. The minimum absolute atomic E-state index is 0.114. The van der Waals surface area contributed by atoms with Crippen molar-refractivity contribution in [2.45, 2.75) is 33.2 Å². The summed E-state index contributed by atoms with van der Waals surface area (Å²) in [6, 6.07) is 8.31. The number of benzene rings is 1. The van der Waals surface area contributed by atoms with Crippen LogP contribution < -0.4 is 5.32 Å². The zero-order valence-corrected chi connectivity index (χ0v) is 10.7. The summed E-state index contributed by atoms with van der Waals surface area (Å²) in [7, 11) is 0. The highest BCUT2D eigenvalue weighted by atomic mass is 16.3. The van der Waals surface area contributed by atoms with Gasteiger partial charge in [0, 0.05) is 0 Å². The fourth-order valence-corrected chi connectivity index (χ4v) is 1.67. The molecule has 0 spiro atoms. The third-order valence-corrected chi connectivity index (χ3v) is 2.87. The first-order chi connectivity index (χ1) is 7.48. The van der Waals surface area contributed by atoms with E-state index in [1.54, 1.807) is 0 Å². The van der Waals surface area contributed by atoms with Crippen LogP contribution in [0.3, 0.4) is 0 Å². The summed E-state index contributed by atoms with van der Waals surface area (Å²) in [5.74, 6) is 0.579. The van der Waals surface area contributed by atoms with Crippen LogP contribution in [0.5, 0.6) is 0 Å². The molecule has 1 aromatic rings. The van der Waals surface area contributed by atoms with Crippen LogP contribution in [-0.2, 0) is 5.54 Å². The van der Waals surface area contributed by atoms with Gasteiger partial charge in [-0.25, -0.2) is 0 Å². The number of aliphatic hydroxyl groups is 1. The van der Waals surface area contributed by atoms with Crippen LogP contribution in [0.15, 0.2) is 24.3 Å². The van der Waals surface area contributed by atoms with Crippen molar-refractivity contribution < 1.29 is 5.11 Å². The lowest BCUT2D eigenvalue weighted by molar-refractivity contribution is 0.171. The molecule has 1 atom stereocenters. The van der Waals surface area contributed by atoms with E-state index in [0.29, 0.717) is 5.92 Å². The van der Waals surface area contributed by atoms with Crippen molar-refractivity contribution >= 4 is 0 Å². The van der Waals surface area contributed by atoms with E-state index in [0.717, 1.165) is 12.1 Å². The normalized spacial score (nSPS) is 15.1. The van der Waals surface area contributed by atoms with Gasteiger partial charge < -0.3 is 10.4 Å². The Morgan fingerprint density at radius 2 is 2.06 bits per heavy atom. The molecule has 0 aliphatic rings. The third-order valence-electron chi connectivity index (χ3n) is 2.87. The molecule has 0 aliphatic heterocycles. The Morgan fingerprint density at radius 1 is 1.38 bits per heavy atom. The summed E-state index contributed by atoms with van der Waals surface area (Å²) in [5, 5.41) is 13.0. The lowest BCUT2D eigenvalue weighted by atomic mass is 9.91. The summed E-state index contributed by atoms with van der Waals surface area (Å²) in [4.78, 5) is 0. The maximum absolute atomic E-state index is 9.58. The molecule has 1 aromatic carbocycles. The molecule has 0 bridgehead atoms. The number of rotatable bonds is 5. The van der Waals surface area contributed by atoms with E-state index in [9.17, 15) is 5.11 Å². The van der Waals surface area contributed by atoms with E-state index < -0.39 is 0 Å². The van der Waals surface area contributed by atoms with Crippen molar-refractivity contribution in [2.75, 3.05) is 13.2 Å². The minimum atomic E-state index is -0.337. The average Bonchev–Trinajstić information content (AvgIpc) is 2.26. The molecule has 0 aliphatic carbocycles. The van der Waals surface area contributed by atoms with Gasteiger partial charge in [0.25, 0.3) is 0 Å². The van der Waals surface area contributed by atoms with E-state index in [2.05, 4.69) is 44.3 Å². The Bertz CT molecular complexity index is 335.